The molecule has 7 heteroatoms. The van der Waals surface area contributed by atoms with Gasteiger partial charge >= 0.3 is 0 Å². The Bertz CT molecular complexity index is 473. The van der Waals surface area contributed by atoms with E-state index in [1.54, 1.807) is 0 Å². The first-order valence-electron chi connectivity index (χ1n) is 6.34. The lowest BCUT2D eigenvalue weighted by molar-refractivity contribution is -0.385. The van der Waals surface area contributed by atoms with E-state index in [2.05, 4.69) is 45.2 Å². The second kappa shape index (κ2) is 5.83. The van der Waals surface area contributed by atoms with E-state index >= 15 is 0 Å². The minimum atomic E-state index is -0.451. The van der Waals surface area contributed by atoms with Gasteiger partial charge in [-0.25, -0.2) is 9.99 Å². The van der Waals surface area contributed by atoms with Crippen LogP contribution in [0.2, 0.25) is 0 Å². The molecule has 2 heterocycles. The molecular formula is C12H17BrN4O2. The molecule has 0 radical (unpaired) electrons. The molecule has 0 saturated carbocycles. The zero-order valence-corrected chi connectivity index (χ0v) is 12.6. The smallest absolute Gasteiger partial charge is 0.288 e. The molecule has 1 aromatic rings. The van der Waals surface area contributed by atoms with Crippen molar-refractivity contribution in [2.45, 2.75) is 45.2 Å². The number of nitro groups is 1. The first-order valence-corrected chi connectivity index (χ1v) is 7.13. The van der Waals surface area contributed by atoms with Crippen LogP contribution in [-0.2, 0) is 0 Å². The molecule has 0 spiro atoms. The normalized spacial score (nSPS) is 24.2. The molecule has 2 rings (SSSR count). The molecule has 0 amide bonds. The number of pyridine rings is 1. The summed E-state index contributed by atoms with van der Waals surface area (Å²) in [4.78, 5) is 14.3. The number of hydrazine groups is 1. The lowest BCUT2D eigenvalue weighted by Crippen LogP contribution is -2.47. The average Bonchev–Trinajstić information content (AvgIpc) is 2.35. The third-order valence-electron chi connectivity index (χ3n) is 3.47. The number of nitrogens with zero attached hydrogens (tertiary/aromatic N) is 3. The van der Waals surface area contributed by atoms with Gasteiger partial charge in [0.25, 0.3) is 5.69 Å². The summed E-state index contributed by atoms with van der Waals surface area (Å²) in [5, 5.41) is 12.8. The van der Waals surface area contributed by atoms with Crippen LogP contribution in [0.15, 0.2) is 16.7 Å². The van der Waals surface area contributed by atoms with Crippen LogP contribution in [0.3, 0.4) is 0 Å². The van der Waals surface area contributed by atoms with Gasteiger partial charge in [0.15, 0.2) is 5.82 Å². The fraction of sp³-hybridized carbons (Fsp3) is 0.583. The summed E-state index contributed by atoms with van der Waals surface area (Å²) in [6.07, 6.45) is 4.78. The number of hydrogen-bond donors (Lipinski definition) is 1. The molecular weight excluding hydrogens is 312 g/mol. The number of piperidine rings is 1. The number of anilines is 1. The molecule has 2 atom stereocenters. The zero-order chi connectivity index (χ0) is 14.0. The first kappa shape index (κ1) is 14.2. The predicted octanol–water partition coefficient (Wildman–Crippen LogP) is 3.34. The van der Waals surface area contributed by atoms with Gasteiger partial charge in [-0.3, -0.25) is 10.1 Å². The number of halogens is 1. The zero-order valence-electron chi connectivity index (χ0n) is 11.0. The van der Waals surface area contributed by atoms with Crippen LogP contribution in [0, 0.1) is 10.1 Å². The van der Waals surface area contributed by atoms with Crippen molar-refractivity contribution in [2.75, 3.05) is 5.43 Å². The summed E-state index contributed by atoms with van der Waals surface area (Å²) < 4.78 is 0.603. The van der Waals surface area contributed by atoms with Crippen LogP contribution in [0.4, 0.5) is 11.5 Å². The van der Waals surface area contributed by atoms with E-state index < -0.39 is 4.92 Å². The quantitative estimate of drug-likeness (QED) is 0.680. The Balaban J connectivity index is 2.16. The van der Waals surface area contributed by atoms with E-state index in [0.717, 1.165) is 12.8 Å². The van der Waals surface area contributed by atoms with Gasteiger partial charge in [0.2, 0.25) is 0 Å². The molecule has 19 heavy (non-hydrogen) atoms. The van der Waals surface area contributed by atoms with Gasteiger partial charge in [-0.15, -0.1) is 0 Å². The van der Waals surface area contributed by atoms with Crippen molar-refractivity contribution >= 4 is 27.4 Å². The van der Waals surface area contributed by atoms with Crippen molar-refractivity contribution < 1.29 is 4.92 Å². The van der Waals surface area contributed by atoms with Crippen molar-refractivity contribution in [3.05, 3.63) is 26.9 Å². The summed E-state index contributed by atoms with van der Waals surface area (Å²) in [5.74, 6) is 0.617. The van der Waals surface area contributed by atoms with Crippen molar-refractivity contribution in [3.8, 4) is 0 Å². The number of rotatable bonds is 3. The maximum atomic E-state index is 10.7. The van der Waals surface area contributed by atoms with Gasteiger partial charge in [-0.1, -0.05) is 6.42 Å². The predicted molar refractivity (Wildman–Crippen MR) is 76.8 cm³/mol. The Morgan fingerprint density at radius 3 is 2.63 bits per heavy atom. The van der Waals surface area contributed by atoms with E-state index in [1.165, 1.54) is 18.7 Å². The molecule has 6 nitrogen and oxygen atoms in total. The van der Waals surface area contributed by atoms with E-state index in [9.17, 15) is 10.1 Å². The van der Waals surface area contributed by atoms with Crippen LogP contribution < -0.4 is 5.43 Å². The molecule has 1 N–H and O–H groups in total. The summed E-state index contributed by atoms with van der Waals surface area (Å²) >= 11 is 3.33. The standard InChI is InChI=1S/C12H17BrN4O2/c1-8-4-3-5-9(2)16(8)15-12-11(13)6-10(7-14-12)17(18)19/h6-9H,3-5H2,1-2H3,(H,14,15). The molecule has 1 saturated heterocycles. The highest BCUT2D eigenvalue weighted by Gasteiger charge is 2.25. The largest absolute Gasteiger partial charge is 0.302 e. The van der Waals surface area contributed by atoms with Crippen LogP contribution in [-0.4, -0.2) is 27.0 Å². The molecule has 1 aromatic heterocycles. The van der Waals surface area contributed by atoms with Crippen LogP contribution in [0.25, 0.3) is 0 Å². The highest BCUT2D eigenvalue weighted by atomic mass is 79.9. The minimum Gasteiger partial charge on any atom is -0.302 e. The molecule has 104 valence electrons. The molecule has 0 aromatic carbocycles. The van der Waals surface area contributed by atoms with Gasteiger partial charge in [0.1, 0.15) is 6.20 Å². The van der Waals surface area contributed by atoms with E-state index in [4.69, 9.17) is 0 Å². The van der Waals surface area contributed by atoms with Crippen molar-refractivity contribution in [2.24, 2.45) is 0 Å². The highest BCUT2D eigenvalue weighted by Crippen LogP contribution is 2.28. The molecule has 0 aliphatic carbocycles. The summed E-state index contributed by atoms with van der Waals surface area (Å²) in [6, 6.07) is 2.31. The van der Waals surface area contributed by atoms with Crippen molar-refractivity contribution in [1.29, 1.82) is 0 Å². The monoisotopic (exact) mass is 328 g/mol. The Morgan fingerprint density at radius 1 is 1.47 bits per heavy atom. The fourth-order valence-electron chi connectivity index (χ4n) is 2.37. The van der Waals surface area contributed by atoms with E-state index in [0.29, 0.717) is 22.4 Å². The Labute approximate surface area is 120 Å². The van der Waals surface area contributed by atoms with E-state index in [1.807, 2.05) is 0 Å². The maximum Gasteiger partial charge on any atom is 0.288 e. The van der Waals surface area contributed by atoms with Crippen molar-refractivity contribution in [3.63, 3.8) is 0 Å². The third kappa shape index (κ3) is 3.22. The second-order valence-electron chi connectivity index (χ2n) is 4.93. The number of aromatic nitrogens is 1. The summed E-state index contributed by atoms with van der Waals surface area (Å²) in [7, 11) is 0. The summed E-state index contributed by atoms with van der Waals surface area (Å²) in [6.45, 7) is 4.34. The van der Waals surface area contributed by atoms with Crippen LogP contribution in [0.1, 0.15) is 33.1 Å². The number of hydrogen-bond acceptors (Lipinski definition) is 5. The van der Waals surface area contributed by atoms with E-state index in [-0.39, 0.29) is 5.69 Å². The molecule has 1 fully saturated rings. The van der Waals surface area contributed by atoms with Gasteiger partial charge in [0, 0.05) is 18.2 Å². The first-order chi connectivity index (χ1) is 8.99. The maximum absolute atomic E-state index is 10.7. The van der Waals surface area contributed by atoms with Gasteiger partial charge in [-0.05, 0) is 42.6 Å². The van der Waals surface area contributed by atoms with Gasteiger partial charge < -0.3 is 5.43 Å². The summed E-state index contributed by atoms with van der Waals surface area (Å²) in [5.41, 5.74) is 3.25. The Hall–Kier alpha value is -1.21. The van der Waals surface area contributed by atoms with Crippen molar-refractivity contribution in [1.82, 2.24) is 9.99 Å². The lowest BCUT2D eigenvalue weighted by atomic mass is 10.00. The van der Waals surface area contributed by atoms with Crippen LogP contribution in [0.5, 0.6) is 0 Å². The third-order valence-corrected chi connectivity index (χ3v) is 4.07. The second-order valence-corrected chi connectivity index (χ2v) is 5.78. The fourth-order valence-corrected chi connectivity index (χ4v) is 2.80. The SMILES string of the molecule is CC1CCCC(C)N1Nc1ncc([N+](=O)[O-])cc1Br. The van der Waals surface area contributed by atoms with Gasteiger partial charge in [-0.2, -0.15) is 0 Å². The topological polar surface area (TPSA) is 71.3 Å². The molecule has 1 aliphatic rings. The van der Waals surface area contributed by atoms with Crippen LogP contribution >= 0.6 is 15.9 Å². The minimum absolute atomic E-state index is 0.0165. The Kier molecular flexibility index (Phi) is 4.36. The average molecular weight is 329 g/mol. The van der Waals surface area contributed by atoms with Gasteiger partial charge in [0.05, 0.1) is 9.40 Å². The number of nitrogens with one attached hydrogen (secondary N) is 1. The molecule has 1 aliphatic heterocycles. The molecule has 2 unspecified atom stereocenters. The Morgan fingerprint density at radius 2 is 2.11 bits per heavy atom. The lowest BCUT2D eigenvalue weighted by Gasteiger charge is -2.39. The highest BCUT2D eigenvalue weighted by molar-refractivity contribution is 9.10. The molecule has 0 bridgehead atoms.